The van der Waals surface area contributed by atoms with Crippen molar-refractivity contribution >= 4 is 8.32 Å². The highest BCUT2D eigenvalue weighted by atomic mass is 28.4. The molecule has 1 heterocycles. The molecule has 1 rings (SSSR count). The van der Waals surface area contributed by atoms with Crippen molar-refractivity contribution in [3.63, 3.8) is 0 Å². The maximum atomic E-state index is 6.77. The van der Waals surface area contributed by atoms with Crippen molar-refractivity contribution in [1.29, 1.82) is 0 Å². The predicted molar refractivity (Wildman–Crippen MR) is 103 cm³/mol. The highest BCUT2D eigenvalue weighted by molar-refractivity contribution is 6.84. The summed E-state index contributed by atoms with van der Waals surface area (Å²) >= 11 is 0. The summed E-state index contributed by atoms with van der Waals surface area (Å²) in [7, 11) is -2.08. The van der Waals surface area contributed by atoms with E-state index in [-0.39, 0.29) is 10.1 Å². The van der Waals surface area contributed by atoms with Gasteiger partial charge in [0.25, 0.3) is 0 Å². The smallest absolute Gasteiger partial charge is 0.227 e. The Kier molecular flexibility index (Phi) is 7.56. The Labute approximate surface area is 146 Å². The van der Waals surface area contributed by atoms with Gasteiger partial charge in [-0.2, -0.15) is 0 Å². The van der Waals surface area contributed by atoms with Gasteiger partial charge in [-0.3, -0.25) is 0 Å². The summed E-state index contributed by atoms with van der Waals surface area (Å²) in [5.74, 6) is 0. The number of unbranched alkanes of at least 4 members (excludes halogenated alkanes) is 2. The quantitative estimate of drug-likeness (QED) is 0.275. The SMILES string of the molecule is CCCC/C=C/[Si](OC[C@H]1O[C@@H]1CCC)(C(C)(C)C)C(C)(C)C. The molecule has 136 valence electrons. The van der Waals surface area contributed by atoms with Gasteiger partial charge >= 0.3 is 0 Å². The maximum absolute atomic E-state index is 6.77. The normalized spacial score (nSPS) is 22.8. The van der Waals surface area contributed by atoms with Crippen molar-refractivity contribution in [3.8, 4) is 0 Å². The molecule has 0 bridgehead atoms. The van der Waals surface area contributed by atoms with E-state index in [0.717, 1.165) is 6.61 Å². The van der Waals surface area contributed by atoms with Crippen LogP contribution in [0.5, 0.6) is 0 Å². The maximum Gasteiger partial charge on any atom is 0.227 e. The summed E-state index contributed by atoms with van der Waals surface area (Å²) in [6, 6.07) is 0. The van der Waals surface area contributed by atoms with Crippen LogP contribution in [0.25, 0.3) is 0 Å². The third-order valence-electron chi connectivity index (χ3n) is 5.04. The van der Waals surface area contributed by atoms with Gasteiger partial charge in [0.05, 0.1) is 12.7 Å². The van der Waals surface area contributed by atoms with E-state index in [9.17, 15) is 0 Å². The van der Waals surface area contributed by atoms with Crippen LogP contribution in [0, 0.1) is 0 Å². The van der Waals surface area contributed by atoms with Crippen LogP contribution in [-0.4, -0.2) is 27.1 Å². The van der Waals surface area contributed by atoms with Gasteiger partial charge in [0.1, 0.15) is 6.10 Å². The van der Waals surface area contributed by atoms with E-state index in [1.165, 1.54) is 32.1 Å². The molecule has 3 heteroatoms. The molecule has 0 spiro atoms. The van der Waals surface area contributed by atoms with E-state index >= 15 is 0 Å². The van der Waals surface area contributed by atoms with E-state index < -0.39 is 8.32 Å². The molecule has 0 aromatic rings. The predicted octanol–water partition coefficient (Wildman–Crippen LogP) is 6.40. The first-order valence-electron chi connectivity index (χ1n) is 9.56. The van der Waals surface area contributed by atoms with Gasteiger partial charge in [-0.05, 0) is 22.9 Å². The van der Waals surface area contributed by atoms with Crippen LogP contribution in [0.1, 0.15) is 87.5 Å². The molecular weight excluding hydrogens is 300 g/mol. The molecular formula is C20H40O2Si. The molecule has 1 saturated heterocycles. The van der Waals surface area contributed by atoms with Gasteiger partial charge in [0.2, 0.25) is 8.32 Å². The molecule has 1 aliphatic rings. The van der Waals surface area contributed by atoms with Crippen LogP contribution in [0.4, 0.5) is 0 Å². The van der Waals surface area contributed by atoms with Gasteiger partial charge in [-0.1, -0.05) is 86.4 Å². The van der Waals surface area contributed by atoms with Gasteiger partial charge < -0.3 is 9.16 Å². The monoisotopic (exact) mass is 340 g/mol. The average molecular weight is 341 g/mol. The second-order valence-corrected chi connectivity index (χ2v) is 14.2. The van der Waals surface area contributed by atoms with Crippen LogP contribution >= 0.6 is 0 Å². The Morgan fingerprint density at radius 1 is 0.957 bits per heavy atom. The third kappa shape index (κ3) is 5.44. The molecule has 0 aromatic heterocycles. The molecule has 0 radical (unpaired) electrons. The zero-order chi connectivity index (χ0) is 17.7. The van der Waals surface area contributed by atoms with Crippen LogP contribution in [-0.2, 0) is 9.16 Å². The molecule has 1 aliphatic heterocycles. The minimum Gasteiger partial charge on any atom is -0.409 e. The molecule has 0 aliphatic carbocycles. The summed E-state index contributed by atoms with van der Waals surface area (Å²) in [5.41, 5.74) is 2.49. The van der Waals surface area contributed by atoms with Crippen molar-refractivity contribution in [2.45, 2.75) is 110 Å². The lowest BCUT2D eigenvalue weighted by Gasteiger charge is -2.49. The zero-order valence-electron chi connectivity index (χ0n) is 16.9. The van der Waals surface area contributed by atoms with E-state index in [2.05, 4.69) is 67.2 Å². The molecule has 0 N–H and O–H groups in total. The van der Waals surface area contributed by atoms with Gasteiger partial charge in [-0.15, -0.1) is 0 Å². The number of hydrogen-bond acceptors (Lipinski definition) is 2. The fourth-order valence-corrected chi connectivity index (χ4v) is 8.89. The van der Waals surface area contributed by atoms with E-state index in [1.807, 2.05) is 0 Å². The summed E-state index contributed by atoms with van der Waals surface area (Å²) in [6.45, 7) is 19.4. The molecule has 2 atom stereocenters. The van der Waals surface area contributed by atoms with Gasteiger partial charge in [-0.25, -0.2) is 0 Å². The first-order chi connectivity index (χ1) is 10.6. The highest BCUT2D eigenvalue weighted by Crippen LogP contribution is 2.52. The lowest BCUT2D eigenvalue weighted by atomic mass is 10.2. The summed E-state index contributed by atoms with van der Waals surface area (Å²) in [4.78, 5) is 0. The molecule has 1 fully saturated rings. The second-order valence-electron chi connectivity index (χ2n) is 9.09. The fraction of sp³-hybridized carbons (Fsp3) is 0.900. The third-order valence-corrected chi connectivity index (χ3v) is 10.8. The number of hydrogen-bond donors (Lipinski definition) is 0. The van der Waals surface area contributed by atoms with E-state index in [0.29, 0.717) is 12.2 Å². The summed E-state index contributed by atoms with van der Waals surface area (Å²) in [6.07, 6.45) is 9.20. The van der Waals surface area contributed by atoms with E-state index in [4.69, 9.17) is 9.16 Å². The zero-order valence-corrected chi connectivity index (χ0v) is 17.9. The van der Waals surface area contributed by atoms with Crippen molar-refractivity contribution in [2.24, 2.45) is 0 Å². The van der Waals surface area contributed by atoms with Crippen molar-refractivity contribution in [2.75, 3.05) is 6.61 Å². The number of rotatable bonds is 9. The first-order valence-corrected chi connectivity index (χ1v) is 11.5. The molecule has 23 heavy (non-hydrogen) atoms. The van der Waals surface area contributed by atoms with Crippen molar-refractivity contribution in [3.05, 3.63) is 11.8 Å². The molecule has 0 unspecified atom stereocenters. The largest absolute Gasteiger partial charge is 0.409 e. The minimum absolute atomic E-state index is 0.170. The number of ether oxygens (including phenoxy) is 1. The second kappa shape index (κ2) is 8.31. The summed E-state index contributed by atoms with van der Waals surface area (Å²) < 4.78 is 12.6. The van der Waals surface area contributed by atoms with E-state index in [1.54, 1.807) is 0 Å². The number of epoxide rings is 1. The minimum atomic E-state index is -2.08. The molecule has 0 saturated carbocycles. The van der Waals surface area contributed by atoms with Crippen LogP contribution < -0.4 is 0 Å². The van der Waals surface area contributed by atoms with Crippen LogP contribution in [0.2, 0.25) is 10.1 Å². The highest BCUT2D eigenvalue weighted by Gasteiger charge is 2.54. The van der Waals surface area contributed by atoms with Crippen LogP contribution in [0.15, 0.2) is 11.8 Å². The molecule has 2 nitrogen and oxygen atoms in total. The molecule has 0 aromatic carbocycles. The van der Waals surface area contributed by atoms with Gasteiger partial charge in [0.15, 0.2) is 0 Å². The standard InChI is InChI=1S/C20H40O2Si/c1-9-11-12-13-15-23(19(3,4)5,20(6,7)8)21-16-18-17(22-18)14-10-2/h13,15,17-18H,9-12,14,16H2,1-8H3/b15-13+/t17-,18-/m1/s1. The first kappa shape index (κ1) is 20.9. The van der Waals surface area contributed by atoms with Crippen molar-refractivity contribution in [1.82, 2.24) is 0 Å². The summed E-state index contributed by atoms with van der Waals surface area (Å²) in [5, 5.41) is 0.339. The Morgan fingerprint density at radius 2 is 1.57 bits per heavy atom. The lowest BCUT2D eigenvalue weighted by molar-refractivity contribution is 0.228. The Morgan fingerprint density at radius 3 is 2.04 bits per heavy atom. The van der Waals surface area contributed by atoms with Gasteiger partial charge in [0, 0.05) is 0 Å². The molecule has 0 amide bonds. The van der Waals surface area contributed by atoms with Crippen molar-refractivity contribution < 1.29 is 9.16 Å². The fourth-order valence-electron chi connectivity index (χ4n) is 3.76. The average Bonchev–Trinajstić information content (AvgIpc) is 3.14. The number of allylic oxidation sites excluding steroid dienone is 1. The Bertz CT molecular complexity index is 362. The Balaban J connectivity index is 2.88. The topological polar surface area (TPSA) is 21.8 Å². The lowest BCUT2D eigenvalue weighted by Crippen LogP contribution is -2.54. The Hall–Kier alpha value is -0.123. The van der Waals surface area contributed by atoms with Crippen LogP contribution in [0.3, 0.4) is 0 Å².